The number of piperidine rings is 2. The first-order chi connectivity index (χ1) is 11.1. The van der Waals surface area contributed by atoms with Gasteiger partial charge < -0.3 is 10.2 Å². The van der Waals surface area contributed by atoms with Crippen LogP contribution in [-0.2, 0) is 0 Å². The minimum Gasteiger partial charge on any atom is -0.393 e. The van der Waals surface area contributed by atoms with Gasteiger partial charge in [0.05, 0.1) is 18.9 Å². The summed E-state index contributed by atoms with van der Waals surface area (Å²) in [5, 5.41) is 19.9. The molecular weight excluding hydrogens is 290 g/mol. The van der Waals surface area contributed by atoms with Crippen molar-refractivity contribution < 1.29 is 10.2 Å². The molecule has 4 aliphatic heterocycles. The van der Waals surface area contributed by atoms with Gasteiger partial charge in [0.15, 0.2) is 0 Å². The van der Waals surface area contributed by atoms with Crippen molar-refractivity contribution in [3.63, 3.8) is 0 Å². The summed E-state index contributed by atoms with van der Waals surface area (Å²) in [5.41, 5.74) is 0. The smallest absolute Gasteiger partial charge is 0.0570 e. The number of fused-ring (bicyclic) bond motifs is 4. The van der Waals surface area contributed by atoms with E-state index in [4.69, 9.17) is 0 Å². The van der Waals surface area contributed by atoms with Gasteiger partial charge in [0.2, 0.25) is 0 Å². The van der Waals surface area contributed by atoms with Gasteiger partial charge in [-0.2, -0.15) is 0 Å². The number of nitrogens with zero attached hydrogens (tertiary/aromatic N) is 3. The largest absolute Gasteiger partial charge is 0.393 e. The molecule has 0 amide bonds. The summed E-state index contributed by atoms with van der Waals surface area (Å²) in [6.45, 7) is 3.31. The van der Waals surface area contributed by atoms with E-state index in [1.165, 1.54) is 25.7 Å². The van der Waals surface area contributed by atoms with E-state index in [-0.39, 0.29) is 12.2 Å². The van der Waals surface area contributed by atoms with Gasteiger partial charge in [-0.25, -0.2) is 0 Å². The van der Waals surface area contributed by atoms with Gasteiger partial charge in [0.1, 0.15) is 0 Å². The summed E-state index contributed by atoms with van der Waals surface area (Å²) < 4.78 is 0. The molecule has 4 aliphatic rings. The van der Waals surface area contributed by atoms with E-state index in [0.717, 1.165) is 45.4 Å². The monoisotopic (exact) mass is 323 g/mol. The number of aliphatic hydroxyl groups is 2. The Labute approximate surface area is 140 Å². The highest BCUT2D eigenvalue weighted by Gasteiger charge is 2.41. The molecule has 132 valence electrons. The van der Waals surface area contributed by atoms with Crippen molar-refractivity contribution in [3.05, 3.63) is 0 Å². The summed E-state index contributed by atoms with van der Waals surface area (Å²) in [4.78, 5) is 7.77. The number of aliphatic hydroxyl groups excluding tert-OH is 2. The number of hydrogen-bond donors (Lipinski definition) is 2. The van der Waals surface area contributed by atoms with Gasteiger partial charge in [-0.3, -0.25) is 14.7 Å². The summed E-state index contributed by atoms with van der Waals surface area (Å²) >= 11 is 0. The van der Waals surface area contributed by atoms with Crippen molar-refractivity contribution in [2.75, 3.05) is 26.8 Å². The number of rotatable bonds is 5. The van der Waals surface area contributed by atoms with E-state index in [1.54, 1.807) is 0 Å². The predicted octanol–water partition coefficient (Wildman–Crippen LogP) is 0.851. The van der Waals surface area contributed by atoms with Gasteiger partial charge in [0.25, 0.3) is 0 Å². The van der Waals surface area contributed by atoms with E-state index < -0.39 is 0 Å². The van der Waals surface area contributed by atoms with Crippen LogP contribution in [0.25, 0.3) is 0 Å². The van der Waals surface area contributed by atoms with Gasteiger partial charge in [-0.15, -0.1) is 0 Å². The molecule has 4 atom stereocenters. The van der Waals surface area contributed by atoms with Crippen LogP contribution in [-0.4, -0.2) is 88.1 Å². The topological polar surface area (TPSA) is 50.2 Å². The molecule has 0 radical (unpaired) electrons. The first kappa shape index (κ1) is 16.3. The fraction of sp³-hybridized carbons (Fsp3) is 1.00. The molecule has 4 heterocycles. The van der Waals surface area contributed by atoms with Crippen LogP contribution < -0.4 is 0 Å². The molecule has 0 aromatic rings. The molecule has 4 unspecified atom stereocenters. The fourth-order valence-electron chi connectivity index (χ4n) is 5.72. The third kappa shape index (κ3) is 3.31. The molecule has 4 bridgehead atoms. The van der Waals surface area contributed by atoms with Gasteiger partial charge in [0, 0.05) is 37.3 Å². The summed E-state index contributed by atoms with van der Waals surface area (Å²) in [5.74, 6) is 0. The highest BCUT2D eigenvalue weighted by molar-refractivity contribution is 4.96. The standard InChI is InChI=1S/C18H33N3O2/c1-19(12-21-15-4-5-16(21)11-18(23)10-15)6-7-20-13-2-3-14(20)9-17(22)8-13/h13-18,22-23H,2-12H2,1H3. The molecule has 5 nitrogen and oxygen atoms in total. The molecule has 0 spiro atoms. The molecule has 2 N–H and O–H groups in total. The van der Waals surface area contributed by atoms with Crippen LogP contribution >= 0.6 is 0 Å². The molecule has 4 rings (SSSR count). The maximum absolute atomic E-state index is 9.93. The van der Waals surface area contributed by atoms with Crippen molar-refractivity contribution in [1.29, 1.82) is 0 Å². The molecular formula is C18H33N3O2. The van der Waals surface area contributed by atoms with E-state index >= 15 is 0 Å². The lowest BCUT2D eigenvalue weighted by molar-refractivity contribution is -0.000398. The Balaban J connectivity index is 1.26. The fourth-order valence-corrected chi connectivity index (χ4v) is 5.72. The number of hydrogen-bond acceptors (Lipinski definition) is 5. The third-order valence-corrected chi connectivity index (χ3v) is 6.86. The number of likely N-dealkylation sites (N-methyl/N-ethyl adjacent to an activating group) is 1. The second-order valence-corrected chi connectivity index (χ2v) is 8.49. The minimum absolute atomic E-state index is 0.0584. The van der Waals surface area contributed by atoms with Gasteiger partial charge in [-0.1, -0.05) is 0 Å². The lowest BCUT2D eigenvalue weighted by Crippen LogP contribution is -2.51. The molecule has 0 aliphatic carbocycles. The average molecular weight is 323 g/mol. The van der Waals surface area contributed by atoms with Crippen LogP contribution in [0, 0.1) is 0 Å². The Hall–Kier alpha value is -0.200. The maximum Gasteiger partial charge on any atom is 0.0570 e. The van der Waals surface area contributed by atoms with Crippen molar-refractivity contribution >= 4 is 0 Å². The second kappa shape index (κ2) is 6.60. The van der Waals surface area contributed by atoms with Crippen LogP contribution in [0.15, 0.2) is 0 Å². The molecule has 0 saturated carbocycles. The van der Waals surface area contributed by atoms with Crippen molar-refractivity contribution in [2.24, 2.45) is 0 Å². The zero-order chi connectivity index (χ0) is 16.0. The summed E-state index contributed by atoms with van der Waals surface area (Å²) in [7, 11) is 2.24. The van der Waals surface area contributed by atoms with E-state index in [9.17, 15) is 10.2 Å². The Morgan fingerprint density at radius 1 is 0.783 bits per heavy atom. The zero-order valence-corrected chi connectivity index (χ0v) is 14.5. The van der Waals surface area contributed by atoms with Crippen LogP contribution in [0.5, 0.6) is 0 Å². The van der Waals surface area contributed by atoms with Crippen molar-refractivity contribution in [1.82, 2.24) is 14.7 Å². The van der Waals surface area contributed by atoms with Crippen molar-refractivity contribution in [3.8, 4) is 0 Å². The SMILES string of the molecule is CN(CCN1C2CCC1CC(O)C2)CN1C2CCC1CC(O)C2. The third-order valence-electron chi connectivity index (χ3n) is 6.86. The summed E-state index contributed by atoms with van der Waals surface area (Å²) in [6, 6.07) is 2.46. The predicted molar refractivity (Wildman–Crippen MR) is 90.1 cm³/mol. The lowest BCUT2D eigenvalue weighted by Gasteiger charge is -2.41. The maximum atomic E-state index is 9.93. The van der Waals surface area contributed by atoms with Crippen LogP contribution in [0.2, 0.25) is 0 Å². The Kier molecular flexibility index (Phi) is 4.67. The molecule has 23 heavy (non-hydrogen) atoms. The molecule has 5 heteroatoms. The lowest BCUT2D eigenvalue weighted by atomic mass is 10.00. The first-order valence-corrected chi connectivity index (χ1v) is 9.66. The van der Waals surface area contributed by atoms with Crippen LogP contribution in [0.3, 0.4) is 0 Å². The first-order valence-electron chi connectivity index (χ1n) is 9.66. The van der Waals surface area contributed by atoms with E-state index in [2.05, 4.69) is 21.7 Å². The molecule has 4 fully saturated rings. The summed E-state index contributed by atoms with van der Waals surface area (Å²) in [6.07, 6.45) is 8.87. The normalized spacial score (nSPS) is 44.3. The Morgan fingerprint density at radius 2 is 1.22 bits per heavy atom. The quantitative estimate of drug-likeness (QED) is 0.786. The van der Waals surface area contributed by atoms with E-state index in [1.807, 2.05) is 0 Å². The Bertz CT molecular complexity index is 393. The Morgan fingerprint density at radius 3 is 1.70 bits per heavy atom. The minimum atomic E-state index is -0.0653. The second-order valence-electron chi connectivity index (χ2n) is 8.49. The molecule has 0 aromatic carbocycles. The highest BCUT2D eigenvalue weighted by Crippen LogP contribution is 2.36. The zero-order valence-electron chi connectivity index (χ0n) is 14.5. The van der Waals surface area contributed by atoms with Gasteiger partial charge >= 0.3 is 0 Å². The van der Waals surface area contributed by atoms with Gasteiger partial charge in [-0.05, 0) is 58.4 Å². The van der Waals surface area contributed by atoms with Crippen molar-refractivity contribution in [2.45, 2.75) is 87.7 Å². The van der Waals surface area contributed by atoms with E-state index in [0.29, 0.717) is 24.2 Å². The molecule has 4 saturated heterocycles. The highest BCUT2D eigenvalue weighted by atomic mass is 16.3. The van der Waals surface area contributed by atoms with Crippen LogP contribution in [0.4, 0.5) is 0 Å². The average Bonchev–Trinajstić information content (AvgIpc) is 2.88. The molecule has 0 aromatic heterocycles. The van der Waals surface area contributed by atoms with Crippen LogP contribution in [0.1, 0.15) is 51.4 Å².